The molecule has 132 valence electrons. The zero-order valence-electron chi connectivity index (χ0n) is 14.5. The summed E-state index contributed by atoms with van der Waals surface area (Å²) < 4.78 is 0. The van der Waals surface area contributed by atoms with Crippen LogP contribution in [-0.4, -0.2) is 47.9 Å². The van der Waals surface area contributed by atoms with E-state index in [0.29, 0.717) is 32.4 Å². The third kappa shape index (κ3) is 5.92. The molecule has 1 aromatic rings. The molecular formula is C18H28N4O2. The predicted molar refractivity (Wildman–Crippen MR) is 93.3 cm³/mol. The summed E-state index contributed by atoms with van der Waals surface area (Å²) in [6, 6.07) is 4.18. The number of amides is 2. The second kappa shape index (κ2) is 10.0. The summed E-state index contributed by atoms with van der Waals surface area (Å²) in [5.41, 5.74) is 1.14. The van der Waals surface area contributed by atoms with Crippen LogP contribution in [0.4, 0.5) is 0 Å². The van der Waals surface area contributed by atoms with Crippen molar-refractivity contribution in [2.24, 2.45) is 0 Å². The third-order valence-corrected chi connectivity index (χ3v) is 4.32. The molecule has 6 heteroatoms. The first kappa shape index (κ1) is 18.4. The van der Waals surface area contributed by atoms with Gasteiger partial charge in [-0.05, 0) is 50.9 Å². The molecule has 0 radical (unpaired) electrons. The van der Waals surface area contributed by atoms with Crippen molar-refractivity contribution >= 4 is 11.8 Å². The number of rotatable bonds is 9. The standard InChI is InChI=1S/C18H28N4O2/c1-2-20-17(23)8-5-9-18(24)21-14-16(22-11-3-4-12-22)15-7-6-10-19-13-15/h6-7,10,13,16H,2-5,8-9,11-12,14H2,1H3,(H,20,23)(H,21,24). The second-order valence-electron chi connectivity index (χ2n) is 6.16. The third-order valence-electron chi connectivity index (χ3n) is 4.32. The van der Waals surface area contributed by atoms with Gasteiger partial charge in [-0.25, -0.2) is 0 Å². The van der Waals surface area contributed by atoms with Crippen molar-refractivity contribution in [3.63, 3.8) is 0 Å². The normalized spacial score (nSPS) is 15.9. The van der Waals surface area contributed by atoms with Crippen LogP contribution in [0.25, 0.3) is 0 Å². The first-order chi connectivity index (χ1) is 11.7. The van der Waals surface area contributed by atoms with Gasteiger partial charge in [-0.2, -0.15) is 0 Å². The van der Waals surface area contributed by atoms with Crippen molar-refractivity contribution in [2.45, 2.75) is 45.1 Å². The molecule has 1 atom stereocenters. The van der Waals surface area contributed by atoms with Gasteiger partial charge >= 0.3 is 0 Å². The molecule has 6 nitrogen and oxygen atoms in total. The first-order valence-corrected chi connectivity index (χ1v) is 8.88. The summed E-state index contributed by atoms with van der Waals surface area (Å²) in [7, 11) is 0. The maximum absolute atomic E-state index is 12.1. The fourth-order valence-electron chi connectivity index (χ4n) is 3.08. The quantitative estimate of drug-likeness (QED) is 0.721. The van der Waals surface area contributed by atoms with E-state index >= 15 is 0 Å². The van der Waals surface area contributed by atoms with Crippen molar-refractivity contribution in [2.75, 3.05) is 26.2 Å². The average molecular weight is 332 g/mol. The van der Waals surface area contributed by atoms with Gasteiger partial charge in [0.05, 0.1) is 6.04 Å². The number of nitrogens with zero attached hydrogens (tertiary/aromatic N) is 2. The van der Waals surface area contributed by atoms with E-state index in [9.17, 15) is 9.59 Å². The number of likely N-dealkylation sites (tertiary alicyclic amines) is 1. The van der Waals surface area contributed by atoms with Crippen molar-refractivity contribution in [3.8, 4) is 0 Å². The summed E-state index contributed by atoms with van der Waals surface area (Å²) in [5, 5.41) is 5.77. The molecule has 0 aliphatic carbocycles. The summed E-state index contributed by atoms with van der Waals surface area (Å²) in [6.07, 6.45) is 7.43. The highest BCUT2D eigenvalue weighted by Gasteiger charge is 2.23. The van der Waals surface area contributed by atoms with Crippen molar-refractivity contribution < 1.29 is 9.59 Å². The van der Waals surface area contributed by atoms with Gasteiger partial charge in [0.1, 0.15) is 0 Å². The van der Waals surface area contributed by atoms with Crippen LogP contribution in [-0.2, 0) is 9.59 Å². The Kier molecular flexibility index (Phi) is 7.68. The highest BCUT2D eigenvalue weighted by atomic mass is 16.2. The molecule has 0 aromatic carbocycles. The van der Waals surface area contributed by atoms with E-state index in [-0.39, 0.29) is 17.9 Å². The van der Waals surface area contributed by atoms with E-state index < -0.39 is 0 Å². The number of aromatic nitrogens is 1. The van der Waals surface area contributed by atoms with Crippen LogP contribution in [0.15, 0.2) is 24.5 Å². The Balaban J connectivity index is 1.80. The predicted octanol–water partition coefficient (Wildman–Crippen LogP) is 1.64. The molecular weight excluding hydrogens is 304 g/mol. The van der Waals surface area contributed by atoms with Crippen LogP contribution < -0.4 is 10.6 Å². The zero-order chi connectivity index (χ0) is 17.2. The molecule has 2 rings (SSSR count). The molecule has 2 heterocycles. The highest BCUT2D eigenvalue weighted by Crippen LogP contribution is 2.23. The zero-order valence-corrected chi connectivity index (χ0v) is 14.5. The van der Waals surface area contributed by atoms with Crippen molar-refractivity contribution in [3.05, 3.63) is 30.1 Å². The molecule has 1 saturated heterocycles. The first-order valence-electron chi connectivity index (χ1n) is 8.88. The molecule has 0 bridgehead atoms. The average Bonchev–Trinajstić information content (AvgIpc) is 3.10. The Hall–Kier alpha value is -1.95. The maximum atomic E-state index is 12.1. The molecule has 2 N–H and O–H groups in total. The Bertz CT molecular complexity index is 515. The molecule has 24 heavy (non-hydrogen) atoms. The van der Waals surface area contributed by atoms with E-state index in [0.717, 1.165) is 18.7 Å². The summed E-state index contributed by atoms with van der Waals surface area (Å²) >= 11 is 0. The van der Waals surface area contributed by atoms with Crippen molar-refractivity contribution in [1.29, 1.82) is 0 Å². The minimum atomic E-state index is 0.00684. The molecule has 1 aliphatic rings. The van der Waals surface area contributed by atoms with E-state index in [2.05, 4.69) is 26.6 Å². The van der Waals surface area contributed by atoms with Gasteiger partial charge in [0, 0.05) is 38.3 Å². The SMILES string of the molecule is CCNC(=O)CCCC(=O)NCC(c1cccnc1)N1CCCC1. The number of pyridine rings is 1. The minimum absolute atomic E-state index is 0.00684. The Labute approximate surface area is 144 Å². The smallest absolute Gasteiger partial charge is 0.220 e. The Morgan fingerprint density at radius 1 is 1.21 bits per heavy atom. The monoisotopic (exact) mass is 332 g/mol. The molecule has 0 saturated carbocycles. The maximum Gasteiger partial charge on any atom is 0.220 e. The number of carbonyl (C=O) groups excluding carboxylic acids is 2. The molecule has 1 aromatic heterocycles. The summed E-state index contributed by atoms with van der Waals surface area (Å²) in [5.74, 6) is 0.0167. The lowest BCUT2D eigenvalue weighted by Gasteiger charge is -2.28. The lowest BCUT2D eigenvalue weighted by molar-refractivity contribution is -0.122. The van der Waals surface area contributed by atoms with Gasteiger partial charge < -0.3 is 10.6 Å². The molecule has 1 unspecified atom stereocenters. The lowest BCUT2D eigenvalue weighted by atomic mass is 10.1. The second-order valence-corrected chi connectivity index (χ2v) is 6.16. The van der Waals surface area contributed by atoms with Crippen LogP contribution in [0.3, 0.4) is 0 Å². The number of hydrogen-bond donors (Lipinski definition) is 2. The van der Waals surface area contributed by atoms with Crippen LogP contribution in [0.1, 0.15) is 50.6 Å². The van der Waals surface area contributed by atoms with Gasteiger partial charge in [0.25, 0.3) is 0 Å². The van der Waals surface area contributed by atoms with Gasteiger partial charge in [0.2, 0.25) is 11.8 Å². The molecule has 1 aliphatic heterocycles. The number of carbonyl (C=O) groups is 2. The minimum Gasteiger partial charge on any atom is -0.356 e. The fraction of sp³-hybridized carbons (Fsp3) is 0.611. The largest absolute Gasteiger partial charge is 0.356 e. The summed E-state index contributed by atoms with van der Waals surface area (Å²) in [4.78, 5) is 30.1. The Morgan fingerprint density at radius 2 is 1.92 bits per heavy atom. The van der Waals surface area contributed by atoms with Gasteiger partial charge in [0.15, 0.2) is 0 Å². The molecule has 1 fully saturated rings. The van der Waals surface area contributed by atoms with Crippen LogP contribution in [0, 0.1) is 0 Å². The van der Waals surface area contributed by atoms with Crippen LogP contribution in [0.2, 0.25) is 0 Å². The van der Waals surface area contributed by atoms with Gasteiger partial charge in [-0.1, -0.05) is 6.07 Å². The molecule has 0 spiro atoms. The molecule has 2 amide bonds. The van der Waals surface area contributed by atoms with Crippen LogP contribution >= 0.6 is 0 Å². The van der Waals surface area contributed by atoms with E-state index in [1.165, 1.54) is 12.8 Å². The number of nitrogens with one attached hydrogen (secondary N) is 2. The van der Waals surface area contributed by atoms with Crippen LogP contribution in [0.5, 0.6) is 0 Å². The topological polar surface area (TPSA) is 74.3 Å². The fourth-order valence-corrected chi connectivity index (χ4v) is 3.08. The van der Waals surface area contributed by atoms with Gasteiger partial charge in [-0.3, -0.25) is 19.5 Å². The van der Waals surface area contributed by atoms with E-state index in [1.807, 2.05) is 19.2 Å². The van der Waals surface area contributed by atoms with Gasteiger partial charge in [-0.15, -0.1) is 0 Å². The van der Waals surface area contributed by atoms with Crippen molar-refractivity contribution in [1.82, 2.24) is 20.5 Å². The lowest BCUT2D eigenvalue weighted by Crippen LogP contribution is -2.36. The highest BCUT2D eigenvalue weighted by molar-refractivity contribution is 5.78. The van der Waals surface area contributed by atoms with E-state index in [4.69, 9.17) is 0 Å². The number of hydrogen-bond acceptors (Lipinski definition) is 4. The summed E-state index contributed by atoms with van der Waals surface area (Å²) in [6.45, 7) is 5.24. The van der Waals surface area contributed by atoms with E-state index in [1.54, 1.807) is 6.20 Å². The Morgan fingerprint density at radius 3 is 2.54 bits per heavy atom.